The number of hydrogen-bond acceptors (Lipinski definition) is 3. The molecule has 0 bridgehead atoms. The molecular formula is C32H28ClNO3. The van der Waals surface area contributed by atoms with Gasteiger partial charge in [-0.05, 0) is 58.0 Å². The van der Waals surface area contributed by atoms with Gasteiger partial charge in [0.1, 0.15) is 5.54 Å². The van der Waals surface area contributed by atoms with Gasteiger partial charge in [0.2, 0.25) is 5.91 Å². The van der Waals surface area contributed by atoms with Crippen molar-refractivity contribution in [3.63, 3.8) is 0 Å². The third-order valence-corrected chi connectivity index (χ3v) is 7.09. The van der Waals surface area contributed by atoms with Crippen molar-refractivity contribution in [2.24, 2.45) is 0 Å². The molecule has 1 aliphatic carbocycles. The van der Waals surface area contributed by atoms with E-state index in [-0.39, 0.29) is 18.9 Å². The molecule has 1 atom stereocenters. The van der Waals surface area contributed by atoms with Crippen LogP contribution in [0.1, 0.15) is 23.6 Å². The first-order chi connectivity index (χ1) is 18.0. The fourth-order valence-electron chi connectivity index (χ4n) is 4.99. The molecule has 186 valence electrons. The number of rotatable bonds is 7. The predicted molar refractivity (Wildman–Crippen MR) is 147 cm³/mol. The minimum Gasteiger partial charge on any atom is -0.464 e. The van der Waals surface area contributed by atoms with Crippen LogP contribution in [0.15, 0.2) is 97.1 Å². The molecule has 0 saturated heterocycles. The first-order valence-electron chi connectivity index (χ1n) is 12.5. The number of esters is 1. The lowest BCUT2D eigenvalue weighted by Crippen LogP contribution is -2.56. The molecule has 4 aromatic rings. The van der Waals surface area contributed by atoms with Crippen LogP contribution in [0.3, 0.4) is 0 Å². The van der Waals surface area contributed by atoms with Gasteiger partial charge in [-0.1, -0.05) is 96.5 Å². The molecule has 0 saturated carbocycles. The summed E-state index contributed by atoms with van der Waals surface area (Å²) in [4.78, 5) is 26.3. The van der Waals surface area contributed by atoms with E-state index >= 15 is 0 Å². The normalized spacial score (nSPS) is 16.2. The number of nitrogens with one attached hydrogen (secondary N) is 1. The van der Waals surface area contributed by atoms with E-state index in [1.54, 1.807) is 6.92 Å². The van der Waals surface area contributed by atoms with Gasteiger partial charge < -0.3 is 10.1 Å². The van der Waals surface area contributed by atoms with Crippen LogP contribution in [0.25, 0.3) is 22.3 Å². The summed E-state index contributed by atoms with van der Waals surface area (Å²) in [7, 11) is 0. The second kappa shape index (κ2) is 10.6. The first-order valence-corrected chi connectivity index (χ1v) is 12.8. The van der Waals surface area contributed by atoms with Gasteiger partial charge >= 0.3 is 5.97 Å². The summed E-state index contributed by atoms with van der Waals surface area (Å²) in [6, 6.07) is 31.9. The molecule has 4 nitrogen and oxygen atoms in total. The Labute approximate surface area is 222 Å². The largest absolute Gasteiger partial charge is 0.464 e. The zero-order valence-corrected chi connectivity index (χ0v) is 21.4. The SMILES string of the molecule is CCOC(=O)C1(NC(=O)Cc2ccc(-c3ccccc3)cc2)Cc2ccc(-c3ccc(Cl)cc3)cc2C1. The highest BCUT2D eigenvalue weighted by atomic mass is 35.5. The molecule has 1 aliphatic rings. The highest BCUT2D eigenvalue weighted by Crippen LogP contribution is 2.35. The van der Waals surface area contributed by atoms with Crippen LogP contribution in [0.5, 0.6) is 0 Å². The molecule has 0 spiro atoms. The van der Waals surface area contributed by atoms with Crippen molar-refractivity contribution in [3.8, 4) is 22.3 Å². The maximum absolute atomic E-state index is 13.2. The second-order valence-corrected chi connectivity index (χ2v) is 9.87. The average molecular weight is 510 g/mol. The Bertz CT molecular complexity index is 1420. The Balaban J connectivity index is 1.34. The molecular weight excluding hydrogens is 482 g/mol. The maximum atomic E-state index is 13.2. The Morgan fingerprint density at radius 3 is 2.08 bits per heavy atom. The Hall–Kier alpha value is -3.89. The van der Waals surface area contributed by atoms with Gasteiger partial charge in [0.05, 0.1) is 13.0 Å². The molecule has 0 radical (unpaired) electrons. The minimum absolute atomic E-state index is 0.183. The van der Waals surface area contributed by atoms with Crippen molar-refractivity contribution >= 4 is 23.5 Å². The summed E-state index contributed by atoms with van der Waals surface area (Å²) in [5.74, 6) is -0.599. The molecule has 5 rings (SSSR count). The highest BCUT2D eigenvalue weighted by molar-refractivity contribution is 6.30. The van der Waals surface area contributed by atoms with E-state index in [1.165, 1.54) is 0 Å². The standard InChI is InChI=1S/C32H28ClNO3/c1-2-37-31(36)32(20-27-13-12-26(19-28(27)21-32)25-14-16-29(33)17-15-25)34-30(35)18-22-8-10-24(11-9-22)23-6-4-3-5-7-23/h3-17,19H,2,18,20-21H2,1H3,(H,34,35). The number of carbonyl (C=O) groups excluding carboxylic acids is 2. The van der Waals surface area contributed by atoms with Crippen molar-refractivity contribution in [1.29, 1.82) is 0 Å². The molecule has 1 amide bonds. The monoisotopic (exact) mass is 509 g/mol. The predicted octanol–water partition coefficient (Wildman–Crippen LogP) is 6.43. The number of halogens is 1. The zero-order chi connectivity index (χ0) is 25.8. The Morgan fingerprint density at radius 2 is 1.38 bits per heavy atom. The smallest absolute Gasteiger partial charge is 0.332 e. The Kier molecular flexibility index (Phi) is 7.11. The highest BCUT2D eigenvalue weighted by Gasteiger charge is 2.46. The van der Waals surface area contributed by atoms with Crippen molar-refractivity contribution < 1.29 is 14.3 Å². The van der Waals surface area contributed by atoms with Crippen LogP contribution in [0.2, 0.25) is 5.02 Å². The summed E-state index contributed by atoms with van der Waals surface area (Å²) in [5.41, 5.74) is 6.15. The topological polar surface area (TPSA) is 55.4 Å². The number of amides is 1. The molecule has 1 unspecified atom stereocenters. The summed E-state index contributed by atoms with van der Waals surface area (Å²) >= 11 is 6.05. The van der Waals surface area contributed by atoms with E-state index < -0.39 is 11.5 Å². The maximum Gasteiger partial charge on any atom is 0.332 e. The summed E-state index contributed by atoms with van der Waals surface area (Å²) < 4.78 is 5.44. The van der Waals surface area contributed by atoms with Crippen molar-refractivity contribution in [1.82, 2.24) is 5.32 Å². The third-order valence-electron chi connectivity index (χ3n) is 6.84. The number of benzene rings is 4. The van der Waals surface area contributed by atoms with E-state index in [0.29, 0.717) is 17.9 Å². The number of fused-ring (bicyclic) bond motifs is 1. The summed E-state index contributed by atoms with van der Waals surface area (Å²) in [6.45, 7) is 2.03. The van der Waals surface area contributed by atoms with Gasteiger partial charge in [0.15, 0.2) is 0 Å². The van der Waals surface area contributed by atoms with Gasteiger partial charge in [-0.25, -0.2) is 4.79 Å². The molecule has 37 heavy (non-hydrogen) atoms. The number of hydrogen-bond donors (Lipinski definition) is 1. The van der Waals surface area contributed by atoms with Crippen LogP contribution >= 0.6 is 11.6 Å². The molecule has 1 N–H and O–H groups in total. The van der Waals surface area contributed by atoms with Crippen LogP contribution in [0, 0.1) is 0 Å². The van der Waals surface area contributed by atoms with Crippen LogP contribution in [0.4, 0.5) is 0 Å². The quantitative estimate of drug-likeness (QED) is 0.292. The number of carbonyl (C=O) groups is 2. The van der Waals surface area contributed by atoms with Gasteiger partial charge in [-0.15, -0.1) is 0 Å². The third kappa shape index (κ3) is 5.45. The molecule has 0 aliphatic heterocycles. The van der Waals surface area contributed by atoms with E-state index in [9.17, 15) is 9.59 Å². The van der Waals surface area contributed by atoms with Gasteiger partial charge in [0, 0.05) is 17.9 Å². The average Bonchev–Trinajstić information content (AvgIpc) is 3.28. The molecule has 4 aromatic carbocycles. The van der Waals surface area contributed by atoms with E-state index in [1.807, 2.05) is 78.9 Å². The minimum atomic E-state index is -1.11. The van der Waals surface area contributed by atoms with Crippen LogP contribution in [-0.2, 0) is 33.6 Å². The van der Waals surface area contributed by atoms with E-state index in [2.05, 4.69) is 23.5 Å². The lowest BCUT2D eigenvalue weighted by atomic mass is 9.94. The lowest BCUT2D eigenvalue weighted by Gasteiger charge is -2.28. The van der Waals surface area contributed by atoms with Crippen molar-refractivity contribution in [2.45, 2.75) is 31.7 Å². The fourth-order valence-corrected chi connectivity index (χ4v) is 5.12. The zero-order valence-electron chi connectivity index (χ0n) is 20.7. The summed E-state index contributed by atoms with van der Waals surface area (Å²) in [6.07, 6.45) is 0.977. The van der Waals surface area contributed by atoms with Gasteiger partial charge in [-0.3, -0.25) is 4.79 Å². The summed E-state index contributed by atoms with van der Waals surface area (Å²) in [5, 5.41) is 3.74. The molecule has 0 fully saturated rings. The van der Waals surface area contributed by atoms with Crippen LogP contribution in [-0.4, -0.2) is 24.0 Å². The first kappa shape index (κ1) is 24.8. The van der Waals surface area contributed by atoms with Gasteiger partial charge in [-0.2, -0.15) is 0 Å². The fraction of sp³-hybridized carbons (Fsp3) is 0.188. The Morgan fingerprint density at radius 1 is 0.784 bits per heavy atom. The van der Waals surface area contributed by atoms with Gasteiger partial charge in [0.25, 0.3) is 0 Å². The van der Waals surface area contributed by atoms with E-state index in [4.69, 9.17) is 16.3 Å². The molecule has 0 heterocycles. The van der Waals surface area contributed by atoms with E-state index in [0.717, 1.165) is 38.9 Å². The van der Waals surface area contributed by atoms with Crippen LogP contribution < -0.4 is 5.32 Å². The molecule has 5 heteroatoms. The molecule has 0 aromatic heterocycles. The van der Waals surface area contributed by atoms with Crippen molar-refractivity contribution in [2.75, 3.05) is 6.61 Å². The van der Waals surface area contributed by atoms with Crippen molar-refractivity contribution in [3.05, 3.63) is 119 Å². The second-order valence-electron chi connectivity index (χ2n) is 9.43. The lowest BCUT2D eigenvalue weighted by molar-refractivity contribution is -0.153. The number of ether oxygens (including phenoxy) is 1.